The average Bonchev–Trinajstić information content (AvgIpc) is 2.72. The van der Waals surface area contributed by atoms with Crippen LogP contribution in [0.5, 0.6) is 11.5 Å². The highest BCUT2D eigenvalue weighted by atomic mass is 19.1. The minimum absolute atomic E-state index is 0.00536. The molecule has 0 saturated heterocycles. The lowest BCUT2D eigenvalue weighted by Crippen LogP contribution is -2.48. The minimum Gasteiger partial charge on any atom is -0.493 e. The maximum Gasteiger partial charge on any atom is 0.262 e. The number of hydrazone groups is 1. The van der Waals surface area contributed by atoms with Crippen LogP contribution < -0.4 is 20.2 Å². The molecule has 2 rings (SSSR count). The fourth-order valence-electron chi connectivity index (χ4n) is 2.72. The molecule has 0 aliphatic heterocycles. The summed E-state index contributed by atoms with van der Waals surface area (Å²) in [6, 6.07) is 9.57. The summed E-state index contributed by atoms with van der Waals surface area (Å²) < 4.78 is 24.1. The first-order valence-electron chi connectivity index (χ1n) is 9.95. The Morgan fingerprint density at radius 2 is 1.71 bits per heavy atom. The molecular weight excluding hydrogens is 401 g/mol. The Morgan fingerprint density at radius 1 is 1.03 bits per heavy atom. The van der Waals surface area contributed by atoms with E-state index in [-0.39, 0.29) is 17.6 Å². The first-order valence-corrected chi connectivity index (χ1v) is 9.95. The molecule has 0 aromatic heterocycles. The van der Waals surface area contributed by atoms with Gasteiger partial charge in [-0.05, 0) is 67.8 Å². The van der Waals surface area contributed by atoms with Crippen molar-refractivity contribution in [3.63, 3.8) is 0 Å². The van der Waals surface area contributed by atoms with Crippen LogP contribution in [0.4, 0.5) is 4.39 Å². The van der Waals surface area contributed by atoms with Crippen LogP contribution in [0.25, 0.3) is 0 Å². The van der Waals surface area contributed by atoms with Crippen LogP contribution in [-0.2, 0) is 4.79 Å². The summed E-state index contributed by atoms with van der Waals surface area (Å²) in [4.78, 5) is 24.9. The zero-order chi connectivity index (χ0) is 23.0. The largest absolute Gasteiger partial charge is 0.493 e. The van der Waals surface area contributed by atoms with E-state index < -0.39 is 23.7 Å². The standard InChI is InChI=1S/C23H28FN3O4/c1-14(2)21(26-22(28)17-7-9-18(24)10-8-17)23(29)27-25-13-16-6-11-19(31-15(3)4)20(12-16)30-5/h6-15,21H,1-5H3,(H,26,28)(H,27,29)/b25-13+. The molecule has 0 radical (unpaired) electrons. The molecule has 2 aromatic carbocycles. The lowest BCUT2D eigenvalue weighted by Gasteiger charge is -2.20. The Labute approximate surface area is 181 Å². The van der Waals surface area contributed by atoms with Crippen LogP contribution in [0.3, 0.4) is 0 Å². The molecule has 2 amide bonds. The Kier molecular flexibility index (Phi) is 8.54. The Hall–Kier alpha value is -3.42. The Bertz CT molecular complexity index is 927. The summed E-state index contributed by atoms with van der Waals surface area (Å²) in [7, 11) is 1.54. The molecule has 0 aliphatic carbocycles. The van der Waals surface area contributed by atoms with E-state index in [9.17, 15) is 14.0 Å². The number of hydrogen-bond donors (Lipinski definition) is 2. The SMILES string of the molecule is COc1cc(/C=N/NC(=O)C(NC(=O)c2ccc(F)cc2)C(C)C)ccc1OC(C)C. The molecule has 0 bridgehead atoms. The van der Waals surface area contributed by atoms with Gasteiger partial charge in [0.05, 0.1) is 19.4 Å². The van der Waals surface area contributed by atoms with E-state index in [1.54, 1.807) is 39.2 Å². The number of rotatable bonds is 9. The van der Waals surface area contributed by atoms with E-state index in [2.05, 4.69) is 15.8 Å². The highest BCUT2D eigenvalue weighted by Gasteiger charge is 2.24. The van der Waals surface area contributed by atoms with Gasteiger partial charge in [0.25, 0.3) is 11.8 Å². The van der Waals surface area contributed by atoms with Gasteiger partial charge >= 0.3 is 0 Å². The maximum absolute atomic E-state index is 13.0. The van der Waals surface area contributed by atoms with Crippen molar-refractivity contribution in [1.82, 2.24) is 10.7 Å². The van der Waals surface area contributed by atoms with Gasteiger partial charge in [0.1, 0.15) is 11.9 Å². The molecule has 2 aromatic rings. The highest BCUT2D eigenvalue weighted by Crippen LogP contribution is 2.28. The predicted molar refractivity (Wildman–Crippen MR) is 117 cm³/mol. The second-order valence-corrected chi connectivity index (χ2v) is 7.51. The second-order valence-electron chi connectivity index (χ2n) is 7.51. The molecule has 1 atom stereocenters. The molecule has 0 aliphatic rings. The van der Waals surface area contributed by atoms with Gasteiger partial charge in [0, 0.05) is 5.56 Å². The summed E-state index contributed by atoms with van der Waals surface area (Å²) in [6.07, 6.45) is 1.48. The number of carbonyl (C=O) groups excluding carboxylic acids is 2. The Morgan fingerprint density at radius 3 is 2.29 bits per heavy atom. The summed E-state index contributed by atoms with van der Waals surface area (Å²) in [6.45, 7) is 7.45. The topological polar surface area (TPSA) is 89.0 Å². The van der Waals surface area contributed by atoms with Gasteiger partial charge in [-0.15, -0.1) is 0 Å². The second kappa shape index (κ2) is 11.1. The quantitative estimate of drug-likeness (QED) is 0.471. The maximum atomic E-state index is 13.0. The third kappa shape index (κ3) is 7.09. The smallest absolute Gasteiger partial charge is 0.262 e. The molecule has 0 fully saturated rings. The Balaban J connectivity index is 2.03. The summed E-state index contributed by atoms with van der Waals surface area (Å²) in [5, 5.41) is 6.64. The average molecular weight is 429 g/mol. The third-order valence-corrected chi connectivity index (χ3v) is 4.28. The van der Waals surface area contributed by atoms with Crippen molar-refractivity contribution in [3.8, 4) is 11.5 Å². The van der Waals surface area contributed by atoms with Gasteiger partial charge in [-0.2, -0.15) is 5.10 Å². The molecule has 166 valence electrons. The van der Waals surface area contributed by atoms with E-state index in [4.69, 9.17) is 9.47 Å². The molecule has 0 saturated carbocycles. The lowest BCUT2D eigenvalue weighted by atomic mass is 10.0. The number of benzene rings is 2. The summed E-state index contributed by atoms with van der Waals surface area (Å²) >= 11 is 0. The third-order valence-electron chi connectivity index (χ3n) is 4.28. The minimum atomic E-state index is -0.814. The van der Waals surface area contributed by atoms with Crippen molar-refractivity contribution >= 4 is 18.0 Å². The van der Waals surface area contributed by atoms with Crippen molar-refractivity contribution < 1.29 is 23.5 Å². The molecule has 8 heteroatoms. The van der Waals surface area contributed by atoms with E-state index >= 15 is 0 Å². The van der Waals surface area contributed by atoms with Gasteiger partial charge in [0.15, 0.2) is 11.5 Å². The van der Waals surface area contributed by atoms with Crippen LogP contribution >= 0.6 is 0 Å². The first kappa shape index (κ1) is 23.9. The van der Waals surface area contributed by atoms with Crippen LogP contribution in [0.15, 0.2) is 47.6 Å². The fourth-order valence-corrected chi connectivity index (χ4v) is 2.72. The van der Waals surface area contributed by atoms with E-state index in [0.717, 1.165) is 0 Å². The van der Waals surface area contributed by atoms with Gasteiger partial charge in [0.2, 0.25) is 0 Å². The number of halogens is 1. The first-order chi connectivity index (χ1) is 14.7. The molecule has 0 heterocycles. The number of nitrogens with zero attached hydrogens (tertiary/aromatic N) is 1. The molecule has 7 nitrogen and oxygen atoms in total. The van der Waals surface area contributed by atoms with Gasteiger partial charge < -0.3 is 14.8 Å². The summed E-state index contributed by atoms with van der Waals surface area (Å²) in [5.74, 6) is -0.397. The van der Waals surface area contributed by atoms with E-state index in [1.807, 2.05) is 13.8 Å². The number of hydrogen-bond acceptors (Lipinski definition) is 5. The van der Waals surface area contributed by atoms with E-state index in [0.29, 0.717) is 17.1 Å². The summed E-state index contributed by atoms with van der Waals surface area (Å²) in [5.41, 5.74) is 3.41. The van der Waals surface area contributed by atoms with Crippen molar-refractivity contribution in [2.75, 3.05) is 7.11 Å². The predicted octanol–water partition coefficient (Wildman–Crippen LogP) is 3.53. The van der Waals surface area contributed by atoms with Gasteiger partial charge in [-0.3, -0.25) is 9.59 Å². The molecule has 31 heavy (non-hydrogen) atoms. The number of nitrogens with one attached hydrogen (secondary N) is 2. The monoisotopic (exact) mass is 429 g/mol. The number of methoxy groups -OCH3 is 1. The highest BCUT2D eigenvalue weighted by molar-refractivity contribution is 5.97. The normalized spacial score (nSPS) is 12.1. The molecular formula is C23H28FN3O4. The van der Waals surface area contributed by atoms with Crippen LogP contribution in [-0.4, -0.2) is 37.3 Å². The van der Waals surface area contributed by atoms with Gasteiger partial charge in [-0.1, -0.05) is 13.8 Å². The number of ether oxygens (including phenoxy) is 2. The van der Waals surface area contributed by atoms with Crippen LogP contribution in [0.1, 0.15) is 43.6 Å². The van der Waals surface area contributed by atoms with Gasteiger partial charge in [-0.25, -0.2) is 9.82 Å². The van der Waals surface area contributed by atoms with Crippen LogP contribution in [0, 0.1) is 11.7 Å². The zero-order valence-electron chi connectivity index (χ0n) is 18.3. The molecule has 2 N–H and O–H groups in total. The molecule has 0 spiro atoms. The molecule has 1 unspecified atom stereocenters. The fraction of sp³-hybridized carbons (Fsp3) is 0.348. The van der Waals surface area contributed by atoms with Crippen LogP contribution in [0.2, 0.25) is 0 Å². The number of carbonyl (C=O) groups is 2. The van der Waals surface area contributed by atoms with E-state index in [1.165, 1.54) is 30.5 Å². The zero-order valence-corrected chi connectivity index (χ0v) is 18.3. The van der Waals surface area contributed by atoms with Crippen molar-refractivity contribution in [2.24, 2.45) is 11.0 Å². The van der Waals surface area contributed by atoms with Crippen molar-refractivity contribution in [3.05, 3.63) is 59.4 Å². The van der Waals surface area contributed by atoms with Crippen molar-refractivity contribution in [2.45, 2.75) is 39.8 Å². The van der Waals surface area contributed by atoms with Crippen molar-refractivity contribution in [1.29, 1.82) is 0 Å². The lowest BCUT2D eigenvalue weighted by molar-refractivity contribution is -0.123. The number of amides is 2.